The maximum atomic E-state index is 11.7. The second kappa shape index (κ2) is 1.93. The van der Waals surface area contributed by atoms with E-state index in [0.29, 0.717) is 23.0 Å². The van der Waals surface area contributed by atoms with Crippen molar-refractivity contribution in [3.63, 3.8) is 0 Å². The lowest BCUT2D eigenvalue weighted by Crippen LogP contribution is -2.24. The van der Waals surface area contributed by atoms with Crippen molar-refractivity contribution in [2.45, 2.75) is 25.7 Å². The molecule has 3 saturated carbocycles. The Labute approximate surface area is 83.0 Å². The lowest BCUT2D eigenvalue weighted by atomic mass is 9.80. The molecule has 0 amide bonds. The van der Waals surface area contributed by atoms with Crippen molar-refractivity contribution in [2.24, 2.45) is 29.1 Å². The Morgan fingerprint density at radius 3 is 2.43 bits per heavy atom. The molecule has 0 aromatic heterocycles. The number of ketones is 1. The molecule has 2 nitrogen and oxygen atoms in total. The molecule has 4 rings (SSSR count). The minimum atomic E-state index is 0.177. The van der Waals surface area contributed by atoms with Crippen LogP contribution in [0.3, 0.4) is 0 Å². The normalized spacial score (nSPS) is 51.1. The highest BCUT2D eigenvalue weighted by atomic mass is 16.3. The van der Waals surface area contributed by atoms with Gasteiger partial charge >= 0.3 is 0 Å². The van der Waals surface area contributed by atoms with Crippen LogP contribution in [0.5, 0.6) is 0 Å². The van der Waals surface area contributed by atoms with Gasteiger partial charge in [-0.1, -0.05) is 0 Å². The third-order valence-electron chi connectivity index (χ3n) is 5.31. The zero-order valence-electron chi connectivity index (χ0n) is 8.07. The number of allylic oxidation sites excluding steroid dienone is 2. The highest BCUT2D eigenvalue weighted by Crippen LogP contribution is 2.76. The van der Waals surface area contributed by atoms with Gasteiger partial charge in [0.2, 0.25) is 0 Å². The molecular weight excluding hydrogens is 176 g/mol. The van der Waals surface area contributed by atoms with E-state index < -0.39 is 0 Å². The van der Waals surface area contributed by atoms with E-state index in [2.05, 4.69) is 0 Å². The molecule has 14 heavy (non-hydrogen) atoms. The maximum absolute atomic E-state index is 11.7. The van der Waals surface area contributed by atoms with Crippen LogP contribution in [0.4, 0.5) is 0 Å². The van der Waals surface area contributed by atoms with Crippen LogP contribution < -0.4 is 0 Å². The van der Waals surface area contributed by atoms with E-state index in [1.807, 2.05) is 0 Å². The summed E-state index contributed by atoms with van der Waals surface area (Å²) in [6.45, 7) is 0. The summed E-state index contributed by atoms with van der Waals surface area (Å²) in [5, 5.41) is 9.79. The van der Waals surface area contributed by atoms with E-state index in [0.717, 1.165) is 0 Å². The molecule has 1 N–H and O–H groups in total. The Balaban J connectivity index is 1.86. The zero-order chi connectivity index (χ0) is 9.50. The Bertz CT molecular complexity index is 365. The largest absolute Gasteiger partial charge is 0.512 e. The Kier molecular flexibility index (Phi) is 1.03. The van der Waals surface area contributed by atoms with Crippen LogP contribution in [-0.2, 0) is 4.79 Å². The molecule has 0 heterocycles. The number of carbonyl (C=O) groups excluding carboxylic acids is 1. The molecule has 4 atom stereocenters. The first-order valence-electron chi connectivity index (χ1n) is 5.68. The van der Waals surface area contributed by atoms with E-state index in [9.17, 15) is 9.90 Å². The van der Waals surface area contributed by atoms with Gasteiger partial charge in [-0.3, -0.25) is 4.79 Å². The number of hydrogen-bond acceptors (Lipinski definition) is 2. The van der Waals surface area contributed by atoms with E-state index >= 15 is 0 Å². The van der Waals surface area contributed by atoms with Crippen LogP contribution in [0.25, 0.3) is 0 Å². The van der Waals surface area contributed by atoms with Crippen molar-refractivity contribution in [1.29, 1.82) is 0 Å². The summed E-state index contributed by atoms with van der Waals surface area (Å²) in [5.41, 5.74) is 0.507. The van der Waals surface area contributed by atoms with Crippen LogP contribution in [0.1, 0.15) is 25.7 Å². The highest BCUT2D eigenvalue weighted by Gasteiger charge is 2.71. The van der Waals surface area contributed by atoms with Gasteiger partial charge in [-0.05, 0) is 42.9 Å². The van der Waals surface area contributed by atoms with Gasteiger partial charge in [-0.25, -0.2) is 0 Å². The number of carbonyl (C=O) groups is 1. The van der Waals surface area contributed by atoms with E-state index in [1.165, 1.54) is 31.8 Å². The standard InChI is InChI=1S/C12H14O2/c13-8-5-9(14)11-7-2-1-6(10(8)11)12(7)3-4-12/h5-7,10-11,13H,1-4H2/t6-,7-,10+,11-/m1/s1. The van der Waals surface area contributed by atoms with Gasteiger partial charge in [0.05, 0.1) is 5.76 Å². The third-order valence-corrected chi connectivity index (χ3v) is 5.31. The molecule has 0 aliphatic heterocycles. The molecule has 74 valence electrons. The first-order chi connectivity index (χ1) is 6.74. The first-order valence-corrected chi connectivity index (χ1v) is 5.68. The predicted octanol–water partition coefficient (Wildman–Crippen LogP) is 2.06. The molecule has 4 aliphatic rings. The van der Waals surface area contributed by atoms with Gasteiger partial charge in [-0.15, -0.1) is 0 Å². The fourth-order valence-corrected chi connectivity index (χ4v) is 4.77. The molecule has 1 spiro atoms. The quantitative estimate of drug-likeness (QED) is 0.635. The molecule has 0 aromatic carbocycles. The summed E-state index contributed by atoms with van der Waals surface area (Å²) in [6.07, 6.45) is 6.61. The van der Waals surface area contributed by atoms with Crippen molar-refractivity contribution in [2.75, 3.05) is 0 Å². The van der Waals surface area contributed by atoms with Gasteiger partial charge < -0.3 is 5.11 Å². The molecule has 0 unspecified atom stereocenters. The van der Waals surface area contributed by atoms with Gasteiger partial charge in [0.25, 0.3) is 0 Å². The van der Waals surface area contributed by atoms with Gasteiger partial charge in [0, 0.05) is 17.9 Å². The number of aliphatic hydroxyl groups excluding tert-OH is 1. The molecule has 2 bridgehead atoms. The Morgan fingerprint density at radius 1 is 1.21 bits per heavy atom. The summed E-state index contributed by atoms with van der Waals surface area (Å²) >= 11 is 0. The molecule has 3 fully saturated rings. The van der Waals surface area contributed by atoms with E-state index in [-0.39, 0.29) is 17.6 Å². The van der Waals surface area contributed by atoms with Crippen molar-refractivity contribution >= 4 is 5.78 Å². The zero-order valence-corrected chi connectivity index (χ0v) is 8.07. The molecule has 0 radical (unpaired) electrons. The summed E-state index contributed by atoms with van der Waals surface area (Å²) < 4.78 is 0. The van der Waals surface area contributed by atoms with Gasteiger partial charge in [-0.2, -0.15) is 0 Å². The van der Waals surface area contributed by atoms with E-state index in [4.69, 9.17) is 0 Å². The van der Waals surface area contributed by atoms with E-state index in [1.54, 1.807) is 0 Å². The topological polar surface area (TPSA) is 37.3 Å². The molecule has 4 aliphatic carbocycles. The predicted molar refractivity (Wildman–Crippen MR) is 50.6 cm³/mol. The molecule has 2 heteroatoms. The van der Waals surface area contributed by atoms with Gasteiger partial charge in [0.1, 0.15) is 0 Å². The Hall–Kier alpha value is -0.790. The number of rotatable bonds is 0. The molecular formula is C12H14O2. The fourth-order valence-electron chi connectivity index (χ4n) is 4.77. The molecule has 0 saturated heterocycles. The summed E-state index contributed by atoms with van der Waals surface area (Å²) in [6, 6.07) is 0. The Morgan fingerprint density at radius 2 is 1.86 bits per heavy atom. The van der Waals surface area contributed by atoms with Crippen LogP contribution >= 0.6 is 0 Å². The van der Waals surface area contributed by atoms with Crippen molar-refractivity contribution in [3.8, 4) is 0 Å². The maximum Gasteiger partial charge on any atom is 0.163 e. The monoisotopic (exact) mass is 190 g/mol. The first kappa shape index (κ1) is 7.49. The van der Waals surface area contributed by atoms with Crippen LogP contribution in [0.15, 0.2) is 11.8 Å². The van der Waals surface area contributed by atoms with Crippen LogP contribution in [0.2, 0.25) is 0 Å². The van der Waals surface area contributed by atoms with Crippen molar-refractivity contribution in [3.05, 3.63) is 11.8 Å². The average Bonchev–Trinajstić information content (AvgIpc) is 2.72. The third kappa shape index (κ3) is 0.572. The average molecular weight is 190 g/mol. The number of aliphatic hydroxyl groups is 1. The number of fused-ring (bicyclic) bond motifs is 3. The summed E-state index contributed by atoms with van der Waals surface area (Å²) in [5.74, 6) is 2.27. The second-order valence-corrected chi connectivity index (χ2v) is 5.55. The minimum Gasteiger partial charge on any atom is -0.512 e. The van der Waals surface area contributed by atoms with Crippen molar-refractivity contribution < 1.29 is 9.90 Å². The SMILES string of the molecule is O=C1C=C(O)[C@H]2[C@@H]1[C@H]1CC[C@H]2C12CC2. The minimum absolute atomic E-state index is 0.177. The van der Waals surface area contributed by atoms with Crippen LogP contribution in [0, 0.1) is 29.1 Å². The second-order valence-electron chi connectivity index (χ2n) is 5.55. The summed E-state index contributed by atoms with van der Waals surface area (Å²) in [4.78, 5) is 11.7. The van der Waals surface area contributed by atoms with Crippen molar-refractivity contribution in [1.82, 2.24) is 0 Å². The lowest BCUT2D eigenvalue weighted by molar-refractivity contribution is -0.119. The van der Waals surface area contributed by atoms with Crippen LogP contribution in [-0.4, -0.2) is 10.9 Å². The van der Waals surface area contributed by atoms with Gasteiger partial charge in [0.15, 0.2) is 5.78 Å². The summed E-state index contributed by atoms with van der Waals surface area (Å²) in [7, 11) is 0. The number of hydrogen-bond donors (Lipinski definition) is 1. The smallest absolute Gasteiger partial charge is 0.163 e. The molecule has 0 aromatic rings. The highest BCUT2D eigenvalue weighted by molar-refractivity contribution is 5.96. The fraction of sp³-hybridized carbons (Fsp3) is 0.750. The lowest BCUT2D eigenvalue weighted by Gasteiger charge is -2.23.